The first-order chi connectivity index (χ1) is 10.1. The molecule has 1 aromatic rings. The molecule has 1 aliphatic heterocycles. The van der Waals surface area contributed by atoms with Crippen LogP contribution in [-0.2, 0) is 4.74 Å². The van der Waals surface area contributed by atoms with Gasteiger partial charge in [-0.1, -0.05) is 18.3 Å². The van der Waals surface area contributed by atoms with Gasteiger partial charge in [0.25, 0.3) is 5.91 Å². The van der Waals surface area contributed by atoms with Crippen LogP contribution in [0.2, 0.25) is 0 Å². The fourth-order valence-electron chi connectivity index (χ4n) is 2.27. The third-order valence-electron chi connectivity index (χ3n) is 3.42. The minimum Gasteiger partial charge on any atom is -0.394 e. The number of nitrogen functional groups attached to an aromatic ring is 1. The number of ether oxygens (including phenoxy) is 1. The van der Waals surface area contributed by atoms with Crippen molar-refractivity contribution >= 4 is 28.2 Å². The second-order valence-electron chi connectivity index (χ2n) is 5.04. The van der Waals surface area contributed by atoms with Crippen molar-refractivity contribution in [2.24, 2.45) is 0 Å². The topological polar surface area (TPSA) is 91.9 Å². The fourth-order valence-corrected chi connectivity index (χ4v) is 3.20. The Morgan fingerprint density at radius 1 is 1.67 bits per heavy atom. The average molecular weight is 314 g/mol. The highest BCUT2D eigenvalue weighted by Crippen LogP contribution is 2.29. The number of nitrogens with two attached hydrogens (primary N) is 1. The molecular formula is C13H22N4O3S. The van der Waals surface area contributed by atoms with Gasteiger partial charge in [-0.2, -0.15) is 0 Å². The molecule has 0 radical (unpaired) electrons. The predicted molar refractivity (Wildman–Crippen MR) is 82.8 cm³/mol. The van der Waals surface area contributed by atoms with E-state index in [1.165, 1.54) is 11.3 Å². The molecule has 0 spiro atoms. The molecule has 1 saturated heterocycles. The second kappa shape index (κ2) is 7.06. The van der Waals surface area contributed by atoms with Gasteiger partial charge in [0.2, 0.25) is 0 Å². The number of morpholine rings is 1. The fraction of sp³-hybridized carbons (Fsp3) is 0.692. The van der Waals surface area contributed by atoms with Gasteiger partial charge in [-0.25, -0.2) is 4.98 Å². The number of carbonyl (C=O) groups excluding carboxylic acids is 1. The minimum atomic E-state index is -0.315. The summed E-state index contributed by atoms with van der Waals surface area (Å²) in [4.78, 5) is 20.9. The summed E-state index contributed by atoms with van der Waals surface area (Å²) in [6, 6.07) is -0.315. The highest BCUT2D eigenvalue weighted by Gasteiger charge is 2.30. The van der Waals surface area contributed by atoms with Crippen molar-refractivity contribution < 1.29 is 14.6 Å². The second-order valence-corrected chi connectivity index (χ2v) is 6.02. The Labute approximate surface area is 128 Å². The number of rotatable bonds is 5. The summed E-state index contributed by atoms with van der Waals surface area (Å²) in [6.45, 7) is 4.11. The van der Waals surface area contributed by atoms with Gasteiger partial charge in [-0.05, 0) is 6.42 Å². The Morgan fingerprint density at radius 3 is 3.10 bits per heavy atom. The van der Waals surface area contributed by atoms with Crippen molar-refractivity contribution in [1.29, 1.82) is 0 Å². The lowest BCUT2D eigenvalue weighted by atomic mass is 10.2. The van der Waals surface area contributed by atoms with E-state index in [0.717, 1.165) is 18.1 Å². The molecule has 3 N–H and O–H groups in total. The van der Waals surface area contributed by atoms with E-state index in [1.54, 1.807) is 4.90 Å². The third-order valence-corrected chi connectivity index (χ3v) is 4.59. The van der Waals surface area contributed by atoms with Gasteiger partial charge in [0.1, 0.15) is 10.7 Å². The van der Waals surface area contributed by atoms with E-state index < -0.39 is 0 Å². The maximum Gasteiger partial charge on any atom is 0.268 e. The van der Waals surface area contributed by atoms with E-state index >= 15 is 0 Å². The molecule has 1 aromatic heterocycles. The van der Waals surface area contributed by atoms with E-state index in [2.05, 4.69) is 11.9 Å². The molecular weight excluding hydrogens is 292 g/mol. The molecule has 0 aromatic carbocycles. The summed E-state index contributed by atoms with van der Waals surface area (Å²) in [5.74, 6) is 0.0784. The average Bonchev–Trinajstić information content (AvgIpc) is 2.89. The van der Waals surface area contributed by atoms with Gasteiger partial charge in [-0.15, -0.1) is 0 Å². The van der Waals surface area contributed by atoms with Crippen LogP contribution >= 0.6 is 11.3 Å². The van der Waals surface area contributed by atoms with Gasteiger partial charge >= 0.3 is 0 Å². The number of carbonyl (C=O) groups is 1. The monoisotopic (exact) mass is 314 g/mol. The molecule has 118 valence electrons. The maximum atomic E-state index is 12.6. The largest absolute Gasteiger partial charge is 0.394 e. The number of hydrogen-bond donors (Lipinski definition) is 2. The Morgan fingerprint density at radius 2 is 2.43 bits per heavy atom. The Balaban J connectivity index is 2.18. The highest BCUT2D eigenvalue weighted by atomic mass is 32.1. The molecule has 2 heterocycles. The molecule has 0 saturated carbocycles. The molecule has 1 fully saturated rings. The molecule has 2 rings (SSSR count). The van der Waals surface area contributed by atoms with Gasteiger partial charge in [0.15, 0.2) is 5.13 Å². The summed E-state index contributed by atoms with van der Waals surface area (Å²) in [6.07, 6.45) is 0.995. The molecule has 0 bridgehead atoms. The minimum absolute atomic E-state index is 0.118. The quantitative estimate of drug-likeness (QED) is 0.817. The first kappa shape index (κ1) is 16.0. The number of aliphatic hydroxyl groups is 1. The third kappa shape index (κ3) is 3.45. The van der Waals surface area contributed by atoms with Crippen LogP contribution in [0.5, 0.6) is 0 Å². The van der Waals surface area contributed by atoms with Gasteiger partial charge in [0.05, 0.1) is 25.9 Å². The van der Waals surface area contributed by atoms with Gasteiger partial charge in [0, 0.05) is 20.1 Å². The van der Waals surface area contributed by atoms with Crippen LogP contribution in [0, 0.1) is 0 Å². The number of aromatic nitrogens is 1. The molecule has 1 atom stereocenters. The SMILES string of the molecule is CCCN(C)c1nc(N)c(C(=O)N2CCOCC2CO)s1. The maximum absolute atomic E-state index is 12.6. The lowest BCUT2D eigenvalue weighted by Gasteiger charge is -2.34. The van der Waals surface area contributed by atoms with E-state index in [0.29, 0.717) is 24.6 Å². The van der Waals surface area contributed by atoms with E-state index in [1.807, 2.05) is 11.9 Å². The molecule has 1 aliphatic rings. The van der Waals surface area contributed by atoms with Crippen LogP contribution < -0.4 is 10.6 Å². The van der Waals surface area contributed by atoms with Crippen LogP contribution in [0.3, 0.4) is 0 Å². The van der Waals surface area contributed by atoms with Crippen molar-refractivity contribution in [2.45, 2.75) is 19.4 Å². The smallest absolute Gasteiger partial charge is 0.268 e. The number of aliphatic hydroxyl groups excluding tert-OH is 1. The number of thiazole rings is 1. The summed E-state index contributed by atoms with van der Waals surface area (Å²) < 4.78 is 5.29. The number of nitrogens with zero attached hydrogens (tertiary/aromatic N) is 3. The molecule has 1 amide bonds. The highest BCUT2D eigenvalue weighted by molar-refractivity contribution is 7.18. The number of hydrogen-bond acceptors (Lipinski definition) is 7. The normalized spacial score (nSPS) is 18.8. The predicted octanol–water partition coefficient (Wildman–Crippen LogP) is 0.405. The van der Waals surface area contributed by atoms with Crippen LogP contribution in [0.4, 0.5) is 10.9 Å². The van der Waals surface area contributed by atoms with E-state index in [-0.39, 0.29) is 24.4 Å². The Bertz CT molecular complexity index is 494. The summed E-state index contributed by atoms with van der Waals surface area (Å²) in [5.41, 5.74) is 5.90. The Kier molecular flexibility index (Phi) is 5.38. The first-order valence-electron chi connectivity index (χ1n) is 7.05. The number of amides is 1. The molecule has 21 heavy (non-hydrogen) atoms. The summed E-state index contributed by atoms with van der Waals surface area (Å²) in [5, 5.41) is 10.1. The van der Waals surface area contributed by atoms with Crippen molar-refractivity contribution in [3.63, 3.8) is 0 Å². The summed E-state index contributed by atoms with van der Waals surface area (Å²) >= 11 is 1.30. The van der Waals surface area contributed by atoms with Crippen LogP contribution in [0.25, 0.3) is 0 Å². The van der Waals surface area contributed by atoms with E-state index in [9.17, 15) is 9.90 Å². The Hall–Kier alpha value is -1.38. The molecule has 0 aliphatic carbocycles. The van der Waals surface area contributed by atoms with E-state index in [4.69, 9.17) is 10.5 Å². The van der Waals surface area contributed by atoms with Crippen LogP contribution in [0.1, 0.15) is 23.0 Å². The van der Waals surface area contributed by atoms with Crippen molar-refractivity contribution in [1.82, 2.24) is 9.88 Å². The zero-order chi connectivity index (χ0) is 15.4. The van der Waals surface area contributed by atoms with Crippen molar-refractivity contribution in [3.05, 3.63) is 4.88 Å². The summed E-state index contributed by atoms with van der Waals surface area (Å²) in [7, 11) is 1.93. The van der Waals surface area contributed by atoms with Crippen molar-refractivity contribution in [3.8, 4) is 0 Å². The lowest BCUT2D eigenvalue weighted by molar-refractivity contribution is -0.0181. The zero-order valence-electron chi connectivity index (χ0n) is 12.4. The molecule has 1 unspecified atom stereocenters. The van der Waals surface area contributed by atoms with Crippen LogP contribution in [0.15, 0.2) is 0 Å². The van der Waals surface area contributed by atoms with Crippen LogP contribution in [-0.4, -0.2) is 66.9 Å². The lowest BCUT2D eigenvalue weighted by Crippen LogP contribution is -2.50. The zero-order valence-corrected chi connectivity index (χ0v) is 13.2. The number of anilines is 2. The van der Waals surface area contributed by atoms with Gasteiger partial charge in [-0.3, -0.25) is 4.79 Å². The first-order valence-corrected chi connectivity index (χ1v) is 7.87. The standard InChI is InChI=1S/C13H22N4O3S/c1-3-4-16(2)13-15-11(14)10(21-13)12(19)17-5-6-20-8-9(17)7-18/h9,18H,3-8,14H2,1-2H3. The molecule has 7 nitrogen and oxygen atoms in total. The van der Waals surface area contributed by atoms with Gasteiger partial charge < -0.3 is 25.4 Å². The van der Waals surface area contributed by atoms with Crippen molar-refractivity contribution in [2.75, 3.05) is 50.6 Å². The molecule has 8 heteroatoms.